The maximum atomic E-state index is 12.3. The van der Waals surface area contributed by atoms with Gasteiger partial charge in [0.2, 0.25) is 0 Å². The number of rotatable bonds is 4. The van der Waals surface area contributed by atoms with Crippen LogP contribution in [-0.4, -0.2) is 6.03 Å². The van der Waals surface area contributed by atoms with Crippen LogP contribution >= 0.6 is 11.6 Å². The average Bonchev–Trinajstić information content (AvgIpc) is 2.50. The Morgan fingerprint density at radius 2 is 1.88 bits per heavy atom. The topological polar surface area (TPSA) is 41.1 Å². The molecular formula is C20H23ClN2O. The van der Waals surface area contributed by atoms with E-state index in [1.54, 1.807) is 12.1 Å². The molecule has 0 aliphatic carbocycles. The van der Waals surface area contributed by atoms with Crippen molar-refractivity contribution in [2.75, 3.05) is 5.32 Å². The largest absolute Gasteiger partial charge is 0.329 e. The van der Waals surface area contributed by atoms with Crippen LogP contribution in [0.2, 0.25) is 5.02 Å². The van der Waals surface area contributed by atoms with Crippen molar-refractivity contribution in [1.29, 1.82) is 0 Å². The molecule has 4 heteroatoms. The van der Waals surface area contributed by atoms with E-state index < -0.39 is 5.54 Å². The van der Waals surface area contributed by atoms with E-state index in [1.165, 1.54) is 0 Å². The van der Waals surface area contributed by atoms with E-state index in [1.807, 2.05) is 52.0 Å². The van der Waals surface area contributed by atoms with E-state index in [0.29, 0.717) is 10.7 Å². The van der Waals surface area contributed by atoms with Gasteiger partial charge >= 0.3 is 6.03 Å². The number of halogens is 1. The Morgan fingerprint density at radius 3 is 2.50 bits per heavy atom. The Kier molecular flexibility index (Phi) is 5.35. The summed E-state index contributed by atoms with van der Waals surface area (Å²) in [6, 6.07) is 13.2. The van der Waals surface area contributed by atoms with E-state index in [9.17, 15) is 4.79 Å². The van der Waals surface area contributed by atoms with Crippen molar-refractivity contribution in [2.45, 2.75) is 33.2 Å². The lowest BCUT2D eigenvalue weighted by molar-refractivity contribution is 0.242. The highest BCUT2D eigenvalue weighted by atomic mass is 35.5. The number of benzene rings is 2. The lowest BCUT2D eigenvalue weighted by atomic mass is 9.92. The lowest BCUT2D eigenvalue weighted by Gasteiger charge is -2.27. The molecule has 3 nitrogen and oxygen atoms in total. The van der Waals surface area contributed by atoms with Gasteiger partial charge in [0.15, 0.2) is 0 Å². The van der Waals surface area contributed by atoms with Crippen LogP contribution in [0.15, 0.2) is 49.0 Å². The van der Waals surface area contributed by atoms with Crippen LogP contribution in [0.3, 0.4) is 0 Å². The zero-order chi connectivity index (χ0) is 17.9. The number of carbonyl (C=O) groups excluding carboxylic acids is 1. The van der Waals surface area contributed by atoms with Crippen molar-refractivity contribution in [1.82, 2.24) is 5.32 Å². The van der Waals surface area contributed by atoms with Crippen LogP contribution in [0.4, 0.5) is 10.5 Å². The number of hydrogen-bond acceptors (Lipinski definition) is 1. The summed E-state index contributed by atoms with van der Waals surface area (Å²) in [5.41, 5.74) is 4.19. The van der Waals surface area contributed by atoms with Crippen LogP contribution in [0.1, 0.15) is 37.5 Å². The molecular weight excluding hydrogens is 320 g/mol. The third-order valence-corrected chi connectivity index (χ3v) is 4.34. The molecule has 0 radical (unpaired) electrons. The molecule has 0 aliphatic heterocycles. The van der Waals surface area contributed by atoms with Crippen LogP contribution < -0.4 is 10.6 Å². The first-order valence-electron chi connectivity index (χ1n) is 7.81. The van der Waals surface area contributed by atoms with Gasteiger partial charge in [0.05, 0.1) is 5.54 Å². The van der Waals surface area contributed by atoms with Crippen LogP contribution in [-0.2, 0) is 5.54 Å². The highest BCUT2D eigenvalue weighted by Crippen LogP contribution is 2.24. The summed E-state index contributed by atoms with van der Waals surface area (Å²) in [5.74, 6) is 0. The molecule has 126 valence electrons. The summed E-state index contributed by atoms with van der Waals surface area (Å²) < 4.78 is 0. The van der Waals surface area contributed by atoms with E-state index in [-0.39, 0.29) is 6.03 Å². The third kappa shape index (κ3) is 4.39. The SMILES string of the molecule is C=C(C)c1cccc(C(C)(C)NC(=O)Nc2ccc(Cl)c(C)c2)c1. The minimum absolute atomic E-state index is 0.262. The number of amides is 2. The number of nitrogens with one attached hydrogen (secondary N) is 2. The zero-order valence-electron chi connectivity index (χ0n) is 14.5. The number of urea groups is 1. The highest BCUT2D eigenvalue weighted by molar-refractivity contribution is 6.31. The van der Waals surface area contributed by atoms with Gasteiger partial charge in [0.1, 0.15) is 0 Å². The summed E-state index contributed by atoms with van der Waals surface area (Å²) >= 11 is 6.01. The first kappa shape index (κ1) is 18.1. The molecule has 2 aromatic carbocycles. The van der Waals surface area contributed by atoms with Crippen LogP contribution in [0.5, 0.6) is 0 Å². The molecule has 0 spiro atoms. The monoisotopic (exact) mass is 342 g/mol. The van der Waals surface area contributed by atoms with Gasteiger partial charge in [-0.1, -0.05) is 42.0 Å². The fourth-order valence-corrected chi connectivity index (χ4v) is 2.53. The summed E-state index contributed by atoms with van der Waals surface area (Å²) in [6.07, 6.45) is 0. The van der Waals surface area contributed by atoms with Gasteiger partial charge in [-0.2, -0.15) is 0 Å². The molecule has 0 fully saturated rings. The zero-order valence-corrected chi connectivity index (χ0v) is 15.3. The Balaban J connectivity index is 2.13. The second kappa shape index (κ2) is 7.10. The molecule has 0 atom stereocenters. The molecule has 2 rings (SSSR count). The standard InChI is InChI=1S/C20H23ClN2O/c1-13(2)15-7-6-8-16(12-15)20(4,5)23-19(24)22-17-9-10-18(21)14(3)11-17/h6-12H,1H2,2-5H3,(H2,22,23,24). The number of carbonyl (C=O) groups is 1. The molecule has 0 aliphatic rings. The van der Waals surface area contributed by atoms with Gasteiger partial charge < -0.3 is 10.6 Å². The normalized spacial score (nSPS) is 11.0. The van der Waals surface area contributed by atoms with Crippen molar-refractivity contribution >= 4 is 28.9 Å². The fraction of sp³-hybridized carbons (Fsp3) is 0.250. The van der Waals surface area contributed by atoms with Crippen molar-refractivity contribution in [3.63, 3.8) is 0 Å². The summed E-state index contributed by atoms with van der Waals surface area (Å²) in [6.45, 7) is 11.8. The second-order valence-corrected chi connectivity index (χ2v) is 6.94. The van der Waals surface area contributed by atoms with E-state index in [2.05, 4.69) is 23.3 Å². The van der Waals surface area contributed by atoms with Crippen LogP contribution in [0, 0.1) is 6.92 Å². The van der Waals surface area contributed by atoms with Crippen molar-refractivity contribution in [2.24, 2.45) is 0 Å². The predicted octanol–water partition coefficient (Wildman–Crippen LogP) is 5.74. The molecule has 0 saturated carbocycles. The second-order valence-electron chi connectivity index (χ2n) is 6.53. The number of allylic oxidation sites excluding steroid dienone is 1. The quantitative estimate of drug-likeness (QED) is 0.731. The summed E-state index contributed by atoms with van der Waals surface area (Å²) in [7, 11) is 0. The van der Waals surface area contributed by atoms with Crippen LogP contribution in [0.25, 0.3) is 5.57 Å². The summed E-state index contributed by atoms with van der Waals surface area (Å²) in [4.78, 5) is 12.3. The number of anilines is 1. The molecule has 0 unspecified atom stereocenters. The molecule has 2 N–H and O–H groups in total. The van der Waals surface area contributed by atoms with Gasteiger partial charge in [-0.25, -0.2) is 4.79 Å². The van der Waals surface area contributed by atoms with Gasteiger partial charge in [-0.05, 0) is 68.7 Å². The van der Waals surface area contributed by atoms with Crippen molar-refractivity contribution in [3.05, 3.63) is 70.8 Å². The van der Waals surface area contributed by atoms with Gasteiger partial charge in [0, 0.05) is 10.7 Å². The first-order valence-corrected chi connectivity index (χ1v) is 8.18. The fourth-order valence-electron chi connectivity index (χ4n) is 2.41. The van der Waals surface area contributed by atoms with Gasteiger partial charge in [0.25, 0.3) is 0 Å². The number of aryl methyl sites for hydroxylation is 1. The first-order chi connectivity index (χ1) is 11.2. The molecule has 0 heterocycles. The Morgan fingerprint density at radius 1 is 1.17 bits per heavy atom. The van der Waals surface area contributed by atoms with E-state index >= 15 is 0 Å². The Bertz CT molecular complexity index is 781. The minimum atomic E-state index is -0.517. The smallest absolute Gasteiger partial charge is 0.319 e. The number of hydrogen-bond donors (Lipinski definition) is 2. The molecule has 0 bridgehead atoms. The van der Waals surface area contributed by atoms with E-state index in [4.69, 9.17) is 11.6 Å². The van der Waals surface area contributed by atoms with E-state index in [0.717, 1.165) is 22.3 Å². The molecule has 2 amide bonds. The Labute approximate surface area is 148 Å². The minimum Gasteiger partial charge on any atom is -0.329 e. The van der Waals surface area contributed by atoms with Gasteiger partial charge in [-0.15, -0.1) is 0 Å². The predicted molar refractivity (Wildman–Crippen MR) is 103 cm³/mol. The maximum Gasteiger partial charge on any atom is 0.319 e. The molecule has 2 aromatic rings. The Hall–Kier alpha value is -2.26. The summed E-state index contributed by atoms with van der Waals surface area (Å²) in [5, 5.41) is 6.53. The van der Waals surface area contributed by atoms with Crippen molar-refractivity contribution < 1.29 is 4.79 Å². The lowest BCUT2D eigenvalue weighted by Crippen LogP contribution is -2.43. The maximum absolute atomic E-state index is 12.3. The van der Waals surface area contributed by atoms with Crippen molar-refractivity contribution in [3.8, 4) is 0 Å². The van der Waals surface area contributed by atoms with Gasteiger partial charge in [-0.3, -0.25) is 0 Å². The highest BCUT2D eigenvalue weighted by Gasteiger charge is 2.23. The molecule has 0 saturated heterocycles. The molecule has 24 heavy (non-hydrogen) atoms. The molecule has 0 aromatic heterocycles. The average molecular weight is 343 g/mol. The third-order valence-electron chi connectivity index (χ3n) is 3.92.